The van der Waals surface area contributed by atoms with Gasteiger partial charge in [-0.15, -0.1) is 11.6 Å². The van der Waals surface area contributed by atoms with Crippen molar-refractivity contribution in [1.29, 1.82) is 0 Å². The van der Waals surface area contributed by atoms with Gasteiger partial charge in [-0.25, -0.2) is 0 Å². The molecule has 0 spiro atoms. The normalized spacial score (nSPS) is 15.4. The van der Waals surface area contributed by atoms with E-state index < -0.39 is 0 Å². The van der Waals surface area contributed by atoms with Gasteiger partial charge in [-0.1, -0.05) is 24.3 Å². The van der Waals surface area contributed by atoms with Crippen molar-refractivity contribution in [1.82, 2.24) is 4.90 Å². The fourth-order valence-corrected chi connectivity index (χ4v) is 2.45. The Bertz CT molecular complexity index is 458. The lowest BCUT2D eigenvalue weighted by Crippen LogP contribution is -2.33. The first-order chi connectivity index (χ1) is 9.88. The highest BCUT2D eigenvalue weighted by molar-refractivity contribution is 6.18. The quantitative estimate of drug-likeness (QED) is 0.608. The molecule has 0 atom stereocenters. The predicted molar refractivity (Wildman–Crippen MR) is 84.4 cm³/mol. The van der Waals surface area contributed by atoms with Gasteiger partial charge in [-0.3, -0.25) is 4.90 Å². The van der Waals surface area contributed by atoms with E-state index in [0.29, 0.717) is 5.88 Å². The van der Waals surface area contributed by atoms with Crippen molar-refractivity contribution in [3.8, 4) is 17.6 Å². The Hall–Kier alpha value is -1.17. The van der Waals surface area contributed by atoms with Crippen molar-refractivity contribution >= 4 is 11.6 Å². The Morgan fingerprint density at radius 2 is 2.05 bits per heavy atom. The van der Waals surface area contributed by atoms with Crippen LogP contribution in [-0.4, -0.2) is 37.0 Å². The van der Waals surface area contributed by atoms with Crippen LogP contribution >= 0.6 is 11.6 Å². The lowest BCUT2D eigenvalue weighted by molar-refractivity contribution is 0.183. The third kappa shape index (κ3) is 5.45. The molecule has 0 amide bonds. The van der Waals surface area contributed by atoms with Crippen molar-refractivity contribution in [3.05, 3.63) is 29.8 Å². The monoisotopic (exact) mass is 291 g/mol. The summed E-state index contributed by atoms with van der Waals surface area (Å²) in [6.45, 7) is 4.20. The van der Waals surface area contributed by atoms with E-state index in [-0.39, 0.29) is 0 Å². The molecule has 0 bridgehead atoms. The molecule has 108 valence electrons. The zero-order valence-electron chi connectivity index (χ0n) is 11.9. The first-order valence-corrected chi connectivity index (χ1v) is 7.92. The van der Waals surface area contributed by atoms with Crippen molar-refractivity contribution in [2.45, 2.75) is 25.7 Å². The summed E-state index contributed by atoms with van der Waals surface area (Å²) in [6.07, 6.45) is 4.75. The molecule has 1 fully saturated rings. The number of hydrogen-bond acceptors (Lipinski definition) is 2. The van der Waals surface area contributed by atoms with Crippen molar-refractivity contribution < 1.29 is 4.74 Å². The highest BCUT2D eigenvalue weighted by atomic mass is 35.5. The number of halogens is 1. The van der Waals surface area contributed by atoms with Crippen LogP contribution in [0, 0.1) is 11.8 Å². The average molecular weight is 292 g/mol. The maximum atomic E-state index is 5.82. The highest BCUT2D eigenvalue weighted by Gasteiger charge is 2.09. The molecule has 0 aromatic heterocycles. The van der Waals surface area contributed by atoms with E-state index in [9.17, 15) is 0 Å². The van der Waals surface area contributed by atoms with Gasteiger partial charge in [0, 0.05) is 24.4 Å². The van der Waals surface area contributed by atoms with Crippen LogP contribution in [0.2, 0.25) is 0 Å². The summed E-state index contributed by atoms with van der Waals surface area (Å²) >= 11 is 5.61. The fraction of sp³-hybridized carbons (Fsp3) is 0.529. The molecule has 1 aromatic carbocycles. The summed E-state index contributed by atoms with van der Waals surface area (Å²) in [5.74, 6) is 7.63. The molecule has 0 unspecified atom stereocenters. The van der Waals surface area contributed by atoms with E-state index in [0.717, 1.165) is 30.9 Å². The molecule has 0 saturated carbocycles. The molecule has 0 N–H and O–H groups in total. The fourth-order valence-electron chi connectivity index (χ4n) is 2.35. The van der Waals surface area contributed by atoms with Crippen LogP contribution in [0.25, 0.3) is 0 Å². The van der Waals surface area contributed by atoms with Crippen LogP contribution in [0.4, 0.5) is 0 Å². The molecule has 20 heavy (non-hydrogen) atoms. The first kappa shape index (κ1) is 15.2. The van der Waals surface area contributed by atoms with Gasteiger partial charge >= 0.3 is 0 Å². The van der Waals surface area contributed by atoms with Gasteiger partial charge in [-0.05, 0) is 44.1 Å². The third-order valence-corrected chi connectivity index (χ3v) is 3.60. The number of benzene rings is 1. The summed E-state index contributed by atoms with van der Waals surface area (Å²) in [5, 5.41) is 0. The van der Waals surface area contributed by atoms with Crippen molar-refractivity contribution in [2.75, 3.05) is 32.1 Å². The molecule has 1 heterocycles. The van der Waals surface area contributed by atoms with Crippen LogP contribution < -0.4 is 4.74 Å². The number of likely N-dealkylation sites (tertiary alicyclic amines) is 1. The second-order valence-corrected chi connectivity index (χ2v) is 5.40. The SMILES string of the molecule is ClCCC#Cc1cccc(OCCN2CCCCC2)c1. The summed E-state index contributed by atoms with van der Waals surface area (Å²) < 4.78 is 5.82. The molecule has 1 aliphatic heterocycles. The summed E-state index contributed by atoms with van der Waals surface area (Å²) in [7, 11) is 0. The number of rotatable bonds is 5. The van der Waals surface area contributed by atoms with Crippen LogP contribution in [-0.2, 0) is 0 Å². The summed E-state index contributed by atoms with van der Waals surface area (Å²) in [6, 6.07) is 7.97. The van der Waals surface area contributed by atoms with Crippen LogP contribution in [0.15, 0.2) is 24.3 Å². The molecular formula is C17H22ClNO. The van der Waals surface area contributed by atoms with Crippen LogP contribution in [0.5, 0.6) is 5.75 Å². The van der Waals surface area contributed by atoms with Gasteiger partial charge in [0.25, 0.3) is 0 Å². The second kappa shape index (κ2) is 8.89. The van der Waals surface area contributed by atoms with Gasteiger partial charge < -0.3 is 4.74 Å². The molecule has 3 heteroatoms. The maximum absolute atomic E-state index is 5.82. The lowest BCUT2D eigenvalue weighted by Gasteiger charge is -2.26. The lowest BCUT2D eigenvalue weighted by atomic mass is 10.1. The minimum Gasteiger partial charge on any atom is -0.492 e. The maximum Gasteiger partial charge on any atom is 0.120 e. The zero-order chi connectivity index (χ0) is 14.0. The van der Waals surface area contributed by atoms with Crippen molar-refractivity contribution in [3.63, 3.8) is 0 Å². The second-order valence-electron chi connectivity index (χ2n) is 5.02. The Balaban J connectivity index is 1.77. The standard InChI is InChI=1S/C17H22ClNO/c18-10-3-2-7-16-8-6-9-17(15-16)20-14-13-19-11-4-1-5-12-19/h6,8-9,15H,1,3-5,10-14H2. The van der Waals surface area contributed by atoms with Crippen LogP contribution in [0.3, 0.4) is 0 Å². The molecule has 1 saturated heterocycles. The molecule has 1 aliphatic rings. The van der Waals surface area contributed by atoms with Gasteiger partial charge in [0.2, 0.25) is 0 Å². The first-order valence-electron chi connectivity index (χ1n) is 7.38. The van der Waals surface area contributed by atoms with Crippen molar-refractivity contribution in [2.24, 2.45) is 0 Å². The third-order valence-electron chi connectivity index (χ3n) is 3.41. The molecular weight excluding hydrogens is 270 g/mol. The summed E-state index contributed by atoms with van der Waals surface area (Å²) in [5.41, 5.74) is 0.991. The van der Waals surface area contributed by atoms with E-state index >= 15 is 0 Å². The topological polar surface area (TPSA) is 12.5 Å². The van der Waals surface area contributed by atoms with E-state index in [4.69, 9.17) is 16.3 Å². The van der Waals surface area contributed by atoms with E-state index in [1.807, 2.05) is 24.3 Å². The van der Waals surface area contributed by atoms with E-state index in [2.05, 4.69) is 16.7 Å². The number of ether oxygens (including phenoxy) is 1. The Morgan fingerprint density at radius 1 is 1.20 bits per heavy atom. The number of alkyl halides is 1. The Labute approximate surface area is 127 Å². The van der Waals surface area contributed by atoms with Gasteiger partial charge in [0.15, 0.2) is 0 Å². The largest absolute Gasteiger partial charge is 0.492 e. The zero-order valence-corrected chi connectivity index (χ0v) is 12.7. The Kier molecular flexibility index (Phi) is 6.77. The van der Waals surface area contributed by atoms with E-state index in [1.54, 1.807) is 0 Å². The number of nitrogens with zero attached hydrogens (tertiary/aromatic N) is 1. The minimum absolute atomic E-state index is 0.582. The molecule has 0 radical (unpaired) electrons. The minimum atomic E-state index is 0.582. The highest BCUT2D eigenvalue weighted by Crippen LogP contribution is 2.13. The van der Waals surface area contributed by atoms with Gasteiger partial charge in [0.05, 0.1) is 0 Å². The van der Waals surface area contributed by atoms with Gasteiger partial charge in [-0.2, -0.15) is 0 Å². The number of piperidine rings is 1. The molecule has 1 aromatic rings. The van der Waals surface area contributed by atoms with Gasteiger partial charge in [0.1, 0.15) is 12.4 Å². The molecule has 2 nitrogen and oxygen atoms in total. The van der Waals surface area contributed by atoms with E-state index in [1.165, 1.54) is 32.4 Å². The predicted octanol–water partition coefficient (Wildman–Crippen LogP) is 3.53. The smallest absolute Gasteiger partial charge is 0.120 e. The molecule has 0 aliphatic carbocycles. The summed E-state index contributed by atoms with van der Waals surface area (Å²) in [4.78, 5) is 2.48. The number of hydrogen-bond donors (Lipinski definition) is 0. The average Bonchev–Trinajstić information content (AvgIpc) is 2.49. The molecule has 2 rings (SSSR count). The Morgan fingerprint density at radius 3 is 2.85 bits per heavy atom. The van der Waals surface area contributed by atoms with Crippen LogP contribution in [0.1, 0.15) is 31.2 Å².